The maximum absolute atomic E-state index is 6.95. The second kappa shape index (κ2) is 4.10. The van der Waals surface area contributed by atoms with Gasteiger partial charge in [-0.05, 0) is 0 Å². The van der Waals surface area contributed by atoms with E-state index in [1.54, 1.807) is 0 Å². The zero-order valence-electron chi connectivity index (χ0n) is 5.41. The van der Waals surface area contributed by atoms with Gasteiger partial charge in [-0.1, -0.05) is 11.6 Å². The Hall–Kier alpha value is -0.870. The SMILES string of the molecule is Cl.N=C(N)c1cncc(Cl)n1. The van der Waals surface area contributed by atoms with Crippen LogP contribution in [-0.2, 0) is 0 Å². The van der Waals surface area contributed by atoms with Crippen molar-refractivity contribution < 1.29 is 0 Å². The van der Waals surface area contributed by atoms with Gasteiger partial charge in [-0.2, -0.15) is 0 Å². The molecule has 0 aliphatic heterocycles. The summed E-state index contributed by atoms with van der Waals surface area (Å²) in [6.07, 6.45) is 2.77. The van der Waals surface area contributed by atoms with E-state index < -0.39 is 0 Å². The minimum absolute atomic E-state index is 0. The molecule has 1 aromatic heterocycles. The van der Waals surface area contributed by atoms with Crippen LogP contribution in [0.3, 0.4) is 0 Å². The second-order valence-electron chi connectivity index (χ2n) is 1.64. The standard InChI is InChI=1S/C5H5ClN4.ClH/c6-4-2-9-1-3(10-4)5(7)8;/h1-2H,(H3,7,8);1H. The van der Waals surface area contributed by atoms with Gasteiger partial charge in [0.05, 0.1) is 12.4 Å². The van der Waals surface area contributed by atoms with Crippen LogP contribution in [0, 0.1) is 5.41 Å². The number of aromatic nitrogens is 2. The molecule has 0 saturated heterocycles. The molecule has 4 nitrogen and oxygen atoms in total. The van der Waals surface area contributed by atoms with Gasteiger partial charge in [0, 0.05) is 0 Å². The van der Waals surface area contributed by atoms with Gasteiger partial charge in [0.15, 0.2) is 0 Å². The van der Waals surface area contributed by atoms with Gasteiger partial charge in [-0.15, -0.1) is 12.4 Å². The third kappa shape index (κ3) is 2.69. The molecule has 0 aliphatic rings. The van der Waals surface area contributed by atoms with Crippen LogP contribution in [0.25, 0.3) is 0 Å². The number of nitrogens with one attached hydrogen (secondary N) is 1. The second-order valence-corrected chi connectivity index (χ2v) is 2.03. The number of amidine groups is 1. The van der Waals surface area contributed by atoms with Gasteiger partial charge in [0.25, 0.3) is 0 Å². The van der Waals surface area contributed by atoms with Crippen LogP contribution in [-0.4, -0.2) is 15.8 Å². The van der Waals surface area contributed by atoms with E-state index in [0.29, 0.717) is 5.69 Å². The summed E-state index contributed by atoms with van der Waals surface area (Å²) < 4.78 is 0. The number of nitrogen functional groups attached to an aromatic ring is 1. The Bertz CT molecular complexity index is 262. The van der Waals surface area contributed by atoms with Crippen molar-refractivity contribution in [1.29, 1.82) is 5.41 Å². The van der Waals surface area contributed by atoms with Crippen molar-refractivity contribution >= 4 is 29.8 Å². The Labute approximate surface area is 74.7 Å². The zero-order valence-corrected chi connectivity index (χ0v) is 6.99. The van der Waals surface area contributed by atoms with E-state index in [-0.39, 0.29) is 23.4 Å². The number of hydrogen-bond donors (Lipinski definition) is 2. The van der Waals surface area contributed by atoms with Crippen molar-refractivity contribution in [3.63, 3.8) is 0 Å². The Morgan fingerprint density at radius 3 is 2.55 bits per heavy atom. The van der Waals surface area contributed by atoms with Gasteiger partial charge >= 0.3 is 0 Å². The molecule has 1 rings (SSSR count). The number of halogens is 2. The first kappa shape index (κ1) is 10.1. The fourth-order valence-corrected chi connectivity index (χ4v) is 0.619. The highest BCUT2D eigenvalue weighted by molar-refractivity contribution is 6.29. The minimum atomic E-state index is -0.130. The molecule has 0 radical (unpaired) electrons. The van der Waals surface area contributed by atoms with E-state index in [2.05, 4.69) is 9.97 Å². The van der Waals surface area contributed by atoms with Gasteiger partial charge in [-0.25, -0.2) is 4.98 Å². The van der Waals surface area contributed by atoms with Crippen LogP contribution >= 0.6 is 24.0 Å². The number of hydrogen-bond acceptors (Lipinski definition) is 3. The van der Waals surface area contributed by atoms with Gasteiger partial charge in [-0.3, -0.25) is 10.4 Å². The number of nitrogens with zero attached hydrogens (tertiary/aromatic N) is 2. The van der Waals surface area contributed by atoms with Crippen LogP contribution in [0.1, 0.15) is 5.69 Å². The molecule has 0 atom stereocenters. The average molecular weight is 193 g/mol. The summed E-state index contributed by atoms with van der Waals surface area (Å²) >= 11 is 5.46. The normalized spacial score (nSPS) is 8.45. The maximum Gasteiger partial charge on any atom is 0.148 e. The monoisotopic (exact) mass is 192 g/mol. The first-order valence-corrected chi connectivity index (χ1v) is 2.90. The van der Waals surface area contributed by atoms with E-state index in [0.717, 1.165) is 0 Å². The highest BCUT2D eigenvalue weighted by Gasteiger charge is 1.97. The first-order valence-electron chi connectivity index (χ1n) is 2.52. The van der Waals surface area contributed by atoms with Gasteiger partial charge in [0.2, 0.25) is 0 Å². The summed E-state index contributed by atoms with van der Waals surface area (Å²) in [7, 11) is 0. The van der Waals surface area contributed by atoms with Gasteiger partial charge in [0.1, 0.15) is 16.7 Å². The molecule has 6 heteroatoms. The van der Waals surface area contributed by atoms with Gasteiger partial charge < -0.3 is 5.73 Å². The first-order chi connectivity index (χ1) is 4.70. The summed E-state index contributed by atoms with van der Waals surface area (Å²) in [5.41, 5.74) is 5.40. The molecule has 3 N–H and O–H groups in total. The third-order valence-electron chi connectivity index (χ3n) is 0.881. The van der Waals surface area contributed by atoms with Crippen LogP contribution in [0.15, 0.2) is 12.4 Å². The lowest BCUT2D eigenvalue weighted by atomic mass is 10.4. The maximum atomic E-state index is 6.95. The molecule has 0 aliphatic carbocycles. The van der Waals surface area contributed by atoms with Crippen LogP contribution in [0.5, 0.6) is 0 Å². The third-order valence-corrected chi connectivity index (χ3v) is 1.06. The molecule has 0 unspecified atom stereocenters. The predicted molar refractivity (Wildman–Crippen MR) is 45.3 cm³/mol. The predicted octanol–water partition coefficient (Wildman–Crippen LogP) is 0.836. The molecule has 0 aromatic carbocycles. The van der Waals surface area contributed by atoms with Crippen LogP contribution in [0.4, 0.5) is 0 Å². The van der Waals surface area contributed by atoms with Crippen LogP contribution in [0.2, 0.25) is 5.15 Å². The van der Waals surface area contributed by atoms with E-state index in [1.165, 1.54) is 12.4 Å². The average Bonchev–Trinajstić information content (AvgIpc) is 1.88. The Morgan fingerprint density at radius 2 is 2.18 bits per heavy atom. The molecular formula is C5H6Cl2N4. The van der Waals surface area contributed by atoms with E-state index >= 15 is 0 Å². The fraction of sp³-hybridized carbons (Fsp3) is 0. The topological polar surface area (TPSA) is 75.7 Å². The molecule has 0 amide bonds. The van der Waals surface area contributed by atoms with Crippen molar-refractivity contribution in [2.75, 3.05) is 0 Å². The summed E-state index contributed by atoms with van der Waals surface area (Å²) in [4.78, 5) is 7.42. The van der Waals surface area contributed by atoms with Crippen molar-refractivity contribution in [2.45, 2.75) is 0 Å². The summed E-state index contributed by atoms with van der Waals surface area (Å²) in [5.74, 6) is -0.130. The smallest absolute Gasteiger partial charge is 0.148 e. The van der Waals surface area contributed by atoms with Crippen molar-refractivity contribution in [3.05, 3.63) is 23.2 Å². The summed E-state index contributed by atoms with van der Waals surface area (Å²) in [6.45, 7) is 0. The molecule has 60 valence electrons. The van der Waals surface area contributed by atoms with E-state index in [1.807, 2.05) is 0 Å². The molecule has 0 saturated carbocycles. The van der Waals surface area contributed by atoms with Crippen molar-refractivity contribution in [2.24, 2.45) is 5.73 Å². The molecule has 1 heterocycles. The van der Waals surface area contributed by atoms with E-state index in [9.17, 15) is 0 Å². The lowest BCUT2D eigenvalue weighted by Gasteiger charge is -1.94. The highest BCUT2D eigenvalue weighted by atomic mass is 35.5. The van der Waals surface area contributed by atoms with Crippen molar-refractivity contribution in [1.82, 2.24) is 9.97 Å². The molecule has 0 bridgehead atoms. The Balaban J connectivity index is 0.000001000. The summed E-state index contributed by atoms with van der Waals surface area (Å²) in [5, 5.41) is 7.19. The number of rotatable bonds is 1. The molecule has 0 fully saturated rings. The van der Waals surface area contributed by atoms with Crippen LogP contribution < -0.4 is 5.73 Å². The molecule has 11 heavy (non-hydrogen) atoms. The summed E-state index contributed by atoms with van der Waals surface area (Å²) in [6, 6.07) is 0. The van der Waals surface area contributed by atoms with E-state index in [4.69, 9.17) is 22.7 Å². The Morgan fingerprint density at radius 1 is 1.55 bits per heavy atom. The highest BCUT2D eigenvalue weighted by Crippen LogP contribution is 2.00. The molecule has 1 aromatic rings. The molecular weight excluding hydrogens is 187 g/mol. The quantitative estimate of drug-likeness (QED) is 0.512. The largest absolute Gasteiger partial charge is 0.382 e. The lowest BCUT2D eigenvalue weighted by Crippen LogP contribution is -2.13. The fourth-order valence-electron chi connectivity index (χ4n) is 0.472. The lowest BCUT2D eigenvalue weighted by molar-refractivity contribution is 1.16. The number of nitrogens with two attached hydrogens (primary N) is 1. The van der Waals surface area contributed by atoms with Crippen molar-refractivity contribution in [3.8, 4) is 0 Å². The molecule has 0 spiro atoms. The zero-order chi connectivity index (χ0) is 7.56. The minimum Gasteiger partial charge on any atom is -0.382 e. The Kier molecular flexibility index (Phi) is 3.78.